The lowest BCUT2D eigenvalue weighted by atomic mass is 10.3. The van der Waals surface area contributed by atoms with Gasteiger partial charge in [-0.15, -0.1) is 0 Å². The highest BCUT2D eigenvalue weighted by molar-refractivity contribution is 9.10. The Morgan fingerprint density at radius 2 is 1.76 bits per heavy atom. The number of ether oxygens (including phenoxy) is 3. The van der Waals surface area contributed by atoms with E-state index in [1.807, 2.05) is 19.2 Å². The highest BCUT2D eigenvalue weighted by atomic mass is 79.9. The number of halogens is 1. The molecule has 0 spiro atoms. The van der Waals surface area contributed by atoms with Crippen LogP contribution in [0.3, 0.4) is 0 Å². The summed E-state index contributed by atoms with van der Waals surface area (Å²) in [5, 5.41) is 3.07. The van der Waals surface area contributed by atoms with Gasteiger partial charge in [0.15, 0.2) is 11.5 Å². The maximum absolute atomic E-state index is 5.70. The lowest BCUT2D eigenvalue weighted by Gasteiger charge is -2.14. The van der Waals surface area contributed by atoms with Gasteiger partial charge in [0.2, 0.25) is 5.75 Å². The predicted molar refractivity (Wildman–Crippen MR) is 71.3 cm³/mol. The Labute approximate surface area is 110 Å². The molecule has 17 heavy (non-hydrogen) atoms. The minimum Gasteiger partial charge on any atom is -0.493 e. The minimum absolute atomic E-state index is 0.620. The molecule has 0 bridgehead atoms. The normalized spacial score (nSPS) is 10.1. The monoisotopic (exact) mass is 303 g/mol. The molecule has 0 atom stereocenters. The van der Waals surface area contributed by atoms with Gasteiger partial charge in [-0.05, 0) is 32.1 Å². The second kappa shape index (κ2) is 7.40. The summed E-state index contributed by atoms with van der Waals surface area (Å²) in [6.07, 6.45) is 0.929. The number of nitrogens with one attached hydrogen (secondary N) is 1. The summed E-state index contributed by atoms with van der Waals surface area (Å²) in [6, 6.07) is 3.71. The van der Waals surface area contributed by atoms with Gasteiger partial charge in [0.1, 0.15) is 0 Å². The van der Waals surface area contributed by atoms with Crippen molar-refractivity contribution >= 4 is 15.9 Å². The van der Waals surface area contributed by atoms with Crippen molar-refractivity contribution in [3.05, 3.63) is 16.6 Å². The Bertz CT molecular complexity index is 333. The SMILES string of the molecule is CNCCCOc1c(OC)cc(Br)cc1OC. The lowest BCUT2D eigenvalue weighted by Crippen LogP contribution is -2.12. The highest BCUT2D eigenvalue weighted by Gasteiger charge is 2.13. The molecular formula is C12H18BrNO3. The van der Waals surface area contributed by atoms with E-state index in [0.29, 0.717) is 23.9 Å². The van der Waals surface area contributed by atoms with Crippen LogP contribution in [0, 0.1) is 0 Å². The molecule has 0 aromatic heterocycles. The highest BCUT2D eigenvalue weighted by Crippen LogP contribution is 2.40. The Hall–Kier alpha value is -0.940. The largest absolute Gasteiger partial charge is 0.493 e. The van der Waals surface area contributed by atoms with E-state index in [4.69, 9.17) is 14.2 Å². The van der Waals surface area contributed by atoms with Crippen molar-refractivity contribution in [3.8, 4) is 17.2 Å². The molecule has 1 aromatic rings. The average Bonchev–Trinajstić information content (AvgIpc) is 2.35. The van der Waals surface area contributed by atoms with Crippen molar-refractivity contribution in [2.75, 3.05) is 34.4 Å². The van der Waals surface area contributed by atoms with Crippen molar-refractivity contribution in [2.45, 2.75) is 6.42 Å². The predicted octanol–water partition coefficient (Wildman–Crippen LogP) is 2.45. The first-order valence-corrected chi connectivity index (χ1v) is 6.21. The van der Waals surface area contributed by atoms with E-state index in [1.54, 1.807) is 14.2 Å². The van der Waals surface area contributed by atoms with Gasteiger partial charge in [0, 0.05) is 4.47 Å². The van der Waals surface area contributed by atoms with Crippen molar-refractivity contribution in [3.63, 3.8) is 0 Å². The molecule has 1 N–H and O–H groups in total. The summed E-state index contributed by atoms with van der Waals surface area (Å²) in [6.45, 7) is 1.54. The third-order valence-electron chi connectivity index (χ3n) is 2.24. The van der Waals surface area contributed by atoms with Crippen molar-refractivity contribution in [1.29, 1.82) is 0 Å². The summed E-state index contributed by atoms with van der Waals surface area (Å²) >= 11 is 3.40. The van der Waals surface area contributed by atoms with Crippen molar-refractivity contribution in [1.82, 2.24) is 5.32 Å². The van der Waals surface area contributed by atoms with Gasteiger partial charge in [-0.25, -0.2) is 0 Å². The zero-order valence-corrected chi connectivity index (χ0v) is 12.0. The molecule has 96 valence electrons. The van der Waals surface area contributed by atoms with Crippen LogP contribution in [-0.4, -0.2) is 34.4 Å². The molecule has 0 unspecified atom stereocenters. The number of rotatable bonds is 7. The summed E-state index contributed by atoms with van der Waals surface area (Å²) in [4.78, 5) is 0. The Morgan fingerprint density at radius 1 is 1.18 bits per heavy atom. The van der Waals surface area contributed by atoms with Gasteiger partial charge >= 0.3 is 0 Å². The molecule has 0 aliphatic rings. The molecule has 0 aliphatic heterocycles. The molecule has 1 aromatic carbocycles. The van der Waals surface area contributed by atoms with E-state index in [2.05, 4.69) is 21.2 Å². The van der Waals surface area contributed by atoms with Gasteiger partial charge in [-0.2, -0.15) is 0 Å². The zero-order valence-electron chi connectivity index (χ0n) is 10.4. The maximum atomic E-state index is 5.70. The smallest absolute Gasteiger partial charge is 0.203 e. The third kappa shape index (κ3) is 4.09. The first kappa shape index (κ1) is 14.1. The topological polar surface area (TPSA) is 39.7 Å². The molecule has 1 rings (SSSR count). The fourth-order valence-electron chi connectivity index (χ4n) is 1.41. The summed E-state index contributed by atoms with van der Waals surface area (Å²) < 4.78 is 17.1. The van der Waals surface area contributed by atoms with Crippen molar-refractivity contribution < 1.29 is 14.2 Å². The third-order valence-corrected chi connectivity index (χ3v) is 2.70. The van der Waals surface area contributed by atoms with Crippen molar-refractivity contribution in [2.24, 2.45) is 0 Å². The molecule has 0 saturated heterocycles. The van der Waals surface area contributed by atoms with Crippen LogP contribution in [0.25, 0.3) is 0 Å². The molecule has 0 aliphatic carbocycles. The fourth-order valence-corrected chi connectivity index (χ4v) is 1.83. The minimum atomic E-state index is 0.620. The van der Waals surface area contributed by atoms with Crippen LogP contribution in [0.2, 0.25) is 0 Å². The van der Waals surface area contributed by atoms with E-state index in [0.717, 1.165) is 17.4 Å². The molecule has 0 heterocycles. The summed E-state index contributed by atoms with van der Waals surface area (Å²) in [5.74, 6) is 1.98. The summed E-state index contributed by atoms with van der Waals surface area (Å²) in [7, 11) is 5.14. The fraction of sp³-hybridized carbons (Fsp3) is 0.500. The second-order valence-electron chi connectivity index (χ2n) is 3.45. The van der Waals surface area contributed by atoms with Gasteiger partial charge in [0.05, 0.1) is 20.8 Å². The van der Waals surface area contributed by atoms with Crippen LogP contribution >= 0.6 is 15.9 Å². The first-order chi connectivity index (χ1) is 8.22. The van der Waals surface area contributed by atoms with E-state index >= 15 is 0 Å². The first-order valence-electron chi connectivity index (χ1n) is 5.41. The van der Waals surface area contributed by atoms with Crippen LogP contribution in [-0.2, 0) is 0 Å². The van der Waals surface area contributed by atoms with Gasteiger partial charge in [-0.1, -0.05) is 15.9 Å². The maximum Gasteiger partial charge on any atom is 0.203 e. The number of hydrogen-bond acceptors (Lipinski definition) is 4. The number of hydrogen-bond donors (Lipinski definition) is 1. The van der Waals surface area contributed by atoms with Gasteiger partial charge < -0.3 is 19.5 Å². The van der Waals surface area contributed by atoms with Gasteiger partial charge in [0.25, 0.3) is 0 Å². The quantitative estimate of drug-likeness (QED) is 0.786. The average molecular weight is 304 g/mol. The standard InChI is InChI=1S/C12H18BrNO3/c1-14-5-4-6-17-12-10(15-2)7-9(13)8-11(12)16-3/h7-8,14H,4-6H2,1-3H3. The van der Waals surface area contributed by atoms with E-state index in [9.17, 15) is 0 Å². The van der Waals surface area contributed by atoms with Crippen LogP contribution in [0.15, 0.2) is 16.6 Å². The molecule has 0 amide bonds. The Balaban J connectivity index is 2.79. The zero-order chi connectivity index (χ0) is 12.7. The molecule has 0 fully saturated rings. The van der Waals surface area contributed by atoms with Crippen LogP contribution in [0.5, 0.6) is 17.2 Å². The van der Waals surface area contributed by atoms with E-state index in [1.165, 1.54) is 0 Å². The van der Waals surface area contributed by atoms with Crippen LogP contribution in [0.1, 0.15) is 6.42 Å². The second-order valence-corrected chi connectivity index (χ2v) is 4.36. The summed E-state index contributed by atoms with van der Waals surface area (Å²) in [5.41, 5.74) is 0. The molecule has 4 nitrogen and oxygen atoms in total. The van der Waals surface area contributed by atoms with Gasteiger partial charge in [-0.3, -0.25) is 0 Å². The molecule has 0 saturated carbocycles. The molecular weight excluding hydrogens is 286 g/mol. The van der Waals surface area contributed by atoms with E-state index < -0.39 is 0 Å². The van der Waals surface area contributed by atoms with Crippen LogP contribution in [0.4, 0.5) is 0 Å². The molecule has 0 radical (unpaired) electrons. The molecule has 5 heteroatoms. The number of methoxy groups -OCH3 is 2. The van der Waals surface area contributed by atoms with E-state index in [-0.39, 0.29) is 0 Å². The Morgan fingerprint density at radius 3 is 2.24 bits per heavy atom. The Kier molecular flexibility index (Phi) is 6.15. The number of benzene rings is 1. The van der Waals surface area contributed by atoms with Crippen LogP contribution < -0.4 is 19.5 Å². The lowest BCUT2D eigenvalue weighted by molar-refractivity contribution is 0.270.